The van der Waals surface area contributed by atoms with Crippen LogP contribution < -0.4 is 13.7 Å². The van der Waals surface area contributed by atoms with Crippen molar-refractivity contribution < 1.29 is 26.9 Å². The first-order valence-corrected chi connectivity index (χ1v) is 12.2. The Labute approximate surface area is 190 Å². The number of methoxy groups -OCH3 is 2. The molecule has 174 valence electrons. The van der Waals surface area contributed by atoms with Crippen molar-refractivity contribution in [1.29, 1.82) is 0 Å². The summed E-state index contributed by atoms with van der Waals surface area (Å²) < 4.78 is 41.4. The number of carbonyl (C=O) groups is 1. The predicted octanol–water partition coefficient (Wildman–Crippen LogP) is 4.26. The van der Waals surface area contributed by atoms with Gasteiger partial charge in [-0.25, -0.2) is 0 Å². The minimum atomic E-state index is -4.07. The zero-order valence-corrected chi connectivity index (χ0v) is 19.9. The van der Waals surface area contributed by atoms with Crippen molar-refractivity contribution >= 4 is 16.0 Å². The molecular weight excluding hydrogens is 430 g/mol. The van der Waals surface area contributed by atoms with Crippen LogP contribution >= 0.6 is 0 Å². The van der Waals surface area contributed by atoms with Crippen molar-refractivity contribution in [3.63, 3.8) is 0 Å². The topological polar surface area (TPSA) is 82.1 Å². The van der Waals surface area contributed by atoms with Gasteiger partial charge in [0.15, 0.2) is 11.5 Å². The molecule has 7 nitrogen and oxygen atoms in total. The van der Waals surface area contributed by atoms with E-state index < -0.39 is 10.1 Å². The van der Waals surface area contributed by atoms with E-state index in [0.717, 1.165) is 24.9 Å². The predicted molar refractivity (Wildman–Crippen MR) is 121 cm³/mol. The lowest BCUT2D eigenvalue weighted by molar-refractivity contribution is -0.132. The summed E-state index contributed by atoms with van der Waals surface area (Å²) in [6.45, 7) is 5.16. The summed E-state index contributed by atoms with van der Waals surface area (Å²) in [5, 5.41) is 0. The van der Waals surface area contributed by atoms with Gasteiger partial charge in [0.05, 0.1) is 14.2 Å². The SMILES string of the molecule is COc1ccc(S(=O)(=O)Oc2cc(CN(CC3CC3)C(=O)CC(C)C)ccc2OC)cc1. The number of amides is 1. The number of ether oxygens (including phenoxy) is 2. The summed E-state index contributed by atoms with van der Waals surface area (Å²) in [7, 11) is -1.11. The monoisotopic (exact) mass is 461 g/mol. The largest absolute Gasteiger partial charge is 0.497 e. The Bertz CT molecular complexity index is 1030. The van der Waals surface area contributed by atoms with Crippen LogP contribution in [0.2, 0.25) is 0 Å². The van der Waals surface area contributed by atoms with E-state index in [1.165, 1.54) is 26.4 Å². The third kappa shape index (κ3) is 6.38. The molecule has 1 saturated carbocycles. The van der Waals surface area contributed by atoms with E-state index in [2.05, 4.69) is 0 Å². The zero-order chi connectivity index (χ0) is 23.3. The van der Waals surface area contributed by atoms with E-state index in [1.54, 1.807) is 24.3 Å². The van der Waals surface area contributed by atoms with Crippen LogP contribution in [0.25, 0.3) is 0 Å². The molecule has 1 aliphatic carbocycles. The fraction of sp³-hybridized carbons (Fsp3) is 0.458. The maximum atomic E-state index is 12.8. The van der Waals surface area contributed by atoms with Gasteiger partial charge < -0.3 is 18.6 Å². The summed E-state index contributed by atoms with van der Waals surface area (Å²) in [5.74, 6) is 1.86. The van der Waals surface area contributed by atoms with Crippen LogP contribution in [-0.2, 0) is 21.5 Å². The highest BCUT2D eigenvalue weighted by Gasteiger charge is 2.27. The second-order valence-corrected chi connectivity index (χ2v) is 10.1. The molecule has 1 aliphatic rings. The first-order valence-electron chi connectivity index (χ1n) is 10.7. The van der Waals surface area contributed by atoms with Gasteiger partial charge >= 0.3 is 10.1 Å². The Kier molecular flexibility index (Phi) is 7.66. The summed E-state index contributed by atoms with van der Waals surface area (Å²) in [6.07, 6.45) is 2.77. The lowest BCUT2D eigenvalue weighted by Gasteiger charge is -2.24. The average Bonchev–Trinajstić information content (AvgIpc) is 3.57. The van der Waals surface area contributed by atoms with Crippen LogP contribution in [0.3, 0.4) is 0 Å². The molecule has 32 heavy (non-hydrogen) atoms. The number of rotatable bonds is 11. The van der Waals surface area contributed by atoms with E-state index >= 15 is 0 Å². The molecule has 0 N–H and O–H groups in total. The first-order chi connectivity index (χ1) is 15.2. The molecule has 0 unspecified atom stereocenters. The molecule has 1 fully saturated rings. The zero-order valence-electron chi connectivity index (χ0n) is 19.0. The molecule has 0 bridgehead atoms. The van der Waals surface area contributed by atoms with Gasteiger partial charge in [0.1, 0.15) is 10.6 Å². The Morgan fingerprint density at radius 1 is 1.03 bits per heavy atom. The van der Waals surface area contributed by atoms with E-state index in [4.69, 9.17) is 13.7 Å². The maximum absolute atomic E-state index is 12.8. The van der Waals surface area contributed by atoms with Crippen molar-refractivity contribution in [1.82, 2.24) is 4.90 Å². The van der Waals surface area contributed by atoms with Gasteiger partial charge in [0, 0.05) is 19.5 Å². The molecule has 0 aliphatic heterocycles. The number of carbonyl (C=O) groups excluding carboxylic acids is 1. The van der Waals surface area contributed by atoms with E-state index in [9.17, 15) is 13.2 Å². The molecular formula is C24H31NO6S. The van der Waals surface area contributed by atoms with Crippen LogP contribution in [-0.4, -0.2) is 40.0 Å². The molecule has 0 aromatic heterocycles. The first kappa shape index (κ1) is 23.9. The van der Waals surface area contributed by atoms with Crippen molar-refractivity contribution in [3.05, 3.63) is 48.0 Å². The molecule has 0 spiro atoms. The molecule has 8 heteroatoms. The van der Waals surface area contributed by atoms with Gasteiger partial charge in [-0.1, -0.05) is 19.9 Å². The molecule has 0 atom stereocenters. The Morgan fingerprint density at radius 3 is 2.28 bits per heavy atom. The highest BCUT2D eigenvalue weighted by atomic mass is 32.2. The van der Waals surface area contributed by atoms with Crippen molar-refractivity contribution in [3.8, 4) is 17.2 Å². The summed E-state index contributed by atoms with van der Waals surface area (Å²) in [5.41, 5.74) is 0.781. The lowest BCUT2D eigenvalue weighted by Crippen LogP contribution is -2.33. The second kappa shape index (κ2) is 10.3. The van der Waals surface area contributed by atoms with Crippen LogP contribution in [0, 0.1) is 11.8 Å². The van der Waals surface area contributed by atoms with E-state index in [-0.39, 0.29) is 22.5 Å². The minimum Gasteiger partial charge on any atom is -0.497 e. The third-order valence-corrected chi connectivity index (χ3v) is 6.51. The summed E-state index contributed by atoms with van der Waals surface area (Å²) in [4.78, 5) is 14.6. The molecule has 0 radical (unpaired) electrons. The lowest BCUT2D eigenvalue weighted by atomic mass is 10.1. The molecule has 3 rings (SSSR count). The van der Waals surface area contributed by atoms with Gasteiger partial charge in [-0.05, 0) is 66.6 Å². The summed E-state index contributed by atoms with van der Waals surface area (Å²) in [6, 6.07) is 11.1. The quantitative estimate of drug-likeness (QED) is 0.465. The van der Waals surface area contributed by atoms with Gasteiger partial charge in [0.2, 0.25) is 5.91 Å². The molecule has 0 heterocycles. The van der Waals surface area contributed by atoms with Gasteiger partial charge in [-0.2, -0.15) is 8.42 Å². The highest BCUT2D eigenvalue weighted by molar-refractivity contribution is 7.87. The summed E-state index contributed by atoms with van der Waals surface area (Å²) >= 11 is 0. The highest BCUT2D eigenvalue weighted by Crippen LogP contribution is 2.33. The smallest absolute Gasteiger partial charge is 0.339 e. The number of benzene rings is 2. The van der Waals surface area contributed by atoms with Crippen LogP contribution in [0.5, 0.6) is 17.2 Å². The number of hydrogen-bond acceptors (Lipinski definition) is 6. The Hall–Kier alpha value is -2.74. The third-order valence-electron chi connectivity index (χ3n) is 5.26. The molecule has 2 aromatic carbocycles. The fourth-order valence-electron chi connectivity index (χ4n) is 3.36. The Morgan fingerprint density at radius 2 is 1.72 bits per heavy atom. The molecule has 2 aromatic rings. The van der Waals surface area contributed by atoms with Gasteiger partial charge in [-0.15, -0.1) is 0 Å². The number of hydrogen-bond donors (Lipinski definition) is 0. The standard InChI is InChI=1S/C24H31NO6S/c1-17(2)13-24(26)25(15-18-5-6-18)16-19-7-12-22(30-4)23(14-19)31-32(27,28)21-10-8-20(29-3)9-11-21/h7-12,14,17-18H,5-6,13,15-16H2,1-4H3. The fourth-order valence-corrected chi connectivity index (χ4v) is 4.29. The van der Waals surface area contributed by atoms with E-state index in [0.29, 0.717) is 30.4 Å². The normalized spacial score (nSPS) is 13.7. The number of nitrogens with zero attached hydrogens (tertiary/aromatic N) is 1. The second-order valence-electron chi connectivity index (χ2n) is 8.51. The van der Waals surface area contributed by atoms with Crippen molar-refractivity contribution in [2.24, 2.45) is 11.8 Å². The minimum absolute atomic E-state index is 0.00762. The van der Waals surface area contributed by atoms with Gasteiger partial charge in [0.25, 0.3) is 0 Å². The van der Waals surface area contributed by atoms with Crippen LogP contribution in [0.1, 0.15) is 38.7 Å². The van der Waals surface area contributed by atoms with Crippen LogP contribution in [0.4, 0.5) is 0 Å². The average molecular weight is 462 g/mol. The van der Waals surface area contributed by atoms with Crippen molar-refractivity contribution in [2.75, 3.05) is 20.8 Å². The molecule has 0 saturated heterocycles. The van der Waals surface area contributed by atoms with Crippen molar-refractivity contribution in [2.45, 2.75) is 44.6 Å². The Balaban J connectivity index is 1.82. The maximum Gasteiger partial charge on any atom is 0.339 e. The van der Waals surface area contributed by atoms with Crippen LogP contribution in [0.15, 0.2) is 47.4 Å². The van der Waals surface area contributed by atoms with Gasteiger partial charge in [-0.3, -0.25) is 4.79 Å². The van der Waals surface area contributed by atoms with E-state index in [1.807, 2.05) is 24.8 Å². The molecule has 1 amide bonds.